The summed E-state index contributed by atoms with van der Waals surface area (Å²) in [4.78, 5) is 0. The maximum Gasteiger partial charge on any atom is -0.00741 e. The summed E-state index contributed by atoms with van der Waals surface area (Å²) in [5.41, 5.74) is 8.40. The van der Waals surface area contributed by atoms with Gasteiger partial charge < -0.3 is 5.73 Å². The molecule has 78 valence electrons. The highest BCUT2D eigenvalue weighted by molar-refractivity contribution is 5.86. The normalized spacial score (nSPS) is 10.8. The lowest BCUT2D eigenvalue weighted by Gasteiger charge is -2.09. The number of hydrogen-bond acceptors (Lipinski definition) is 1. The maximum absolute atomic E-state index is 5.57. The summed E-state index contributed by atoms with van der Waals surface area (Å²) in [6, 6.07) is 13.0. The zero-order valence-electron chi connectivity index (χ0n) is 9.16. The van der Waals surface area contributed by atoms with E-state index in [1.165, 1.54) is 21.9 Å². The van der Waals surface area contributed by atoms with E-state index in [2.05, 4.69) is 43.3 Å². The SMILES string of the molecule is Cc1ccc2ccccc2c1CCCN. The van der Waals surface area contributed by atoms with E-state index in [1.807, 2.05) is 0 Å². The van der Waals surface area contributed by atoms with Crippen molar-refractivity contribution in [3.8, 4) is 0 Å². The van der Waals surface area contributed by atoms with Crippen LogP contribution < -0.4 is 5.73 Å². The smallest absolute Gasteiger partial charge is 0.00741 e. The van der Waals surface area contributed by atoms with Gasteiger partial charge >= 0.3 is 0 Å². The number of aryl methyl sites for hydroxylation is 2. The first kappa shape index (κ1) is 10.2. The Balaban J connectivity index is 2.53. The van der Waals surface area contributed by atoms with Crippen molar-refractivity contribution in [1.29, 1.82) is 0 Å². The predicted molar refractivity (Wildman–Crippen MR) is 66.1 cm³/mol. The molecule has 0 heterocycles. The van der Waals surface area contributed by atoms with E-state index in [0.717, 1.165) is 19.4 Å². The Morgan fingerprint density at radius 2 is 1.87 bits per heavy atom. The van der Waals surface area contributed by atoms with Crippen LogP contribution in [0.15, 0.2) is 36.4 Å². The van der Waals surface area contributed by atoms with Crippen LogP contribution in [-0.2, 0) is 6.42 Å². The molecule has 1 nitrogen and oxygen atoms in total. The highest BCUT2D eigenvalue weighted by atomic mass is 14.5. The van der Waals surface area contributed by atoms with Crippen molar-refractivity contribution in [2.75, 3.05) is 6.54 Å². The summed E-state index contributed by atoms with van der Waals surface area (Å²) < 4.78 is 0. The number of hydrogen-bond donors (Lipinski definition) is 1. The number of benzene rings is 2. The molecule has 0 radical (unpaired) electrons. The van der Waals surface area contributed by atoms with Gasteiger partial charge in [0.05, 0.1) is 0 Å². The molecule has 0 saturated carbocycles. The molecule has 0 bridgehead atoms. The Kier molecular flexibility index (Phi) is 3.02. The van der Waals surface area contributed by atoms with E-state index in [1.54, 1.807) is 0 Å². The molecule has 0 amide bonds. The lowest BCUT2D eigenvalue weighted by atomic mass is 9.96. The van der Waals surface area contributed by atoms with E-state index >= 15 is 0 Å². The van der Waals surface area contributed by atoms with Crippen LogP contribution >= 0.6 is 0 Å². The monoisotopic (exact) mass is 199 g/mol. The molecule has 2 aromatic carbocycles. The third-order valence-corrected chi connectivity index (χ3v) is 2.91. The van der Waals surface area contributed by atoms with Crippen LogP contribution in [0.3, 0.4) is 0 Å². The van der Waals surface area contributed by atoms with Gasteiger partial charge in [0.1, 0.15) is 0 Å². The molecule has 15 heavy (non-hydrogen) atoms. The van der Waals surface area contributed by atoms with Gasteiger partial charge in [0.25, 0.3) is 0 Å². The fraction of sp³-hybridized carbons (Fsp3) is 0.286. The minimum Gasteiger partial charge on any atom is -0.330 e. The highest BCUT2D eigenvalue weighted by Crippen LogP contribution is 2.23. The Bertz CT molecular complexity index is 460. The van der Waals surface area contributed by atoms with Crippen LogP contribution in [0.5, 0.6) is 0 Å². The summed E-state index contributed by atoms with van der Waals surface area (Å²) in [5, 5.41) is 2.71. The van der Waals surface area contributed by atoms with Crippen molar-refractivity contribution >= 4 is 10.8 Å². The molecule has 0 atom stereocenters. The zero-order chi connectivity index (χ0) is 10.7. The molecule has 0 saturated heterocycles. The molecule has 2 rings (SSSR count). The Hall–Kier alpha value is -1.34. The molecule has 0 spiro atoms. The van der Waals surface area contributed by atoms with Gasteiger partial charge in [-0.2, -0.15) is 0 Å². The molecule has 1 heteroatoms. The lowest BCUT2D eigenvalue weighted by molar-refractivity contribution is 0.833. The highest BCUT2D eigenvalue weighted by Gasteiger charge is 2.03. The van der Waals surface area contributed by atoms with Gasteiger partial charge in [-0.3, -0.25) is 0 Å². The summed E-state index contributed by atoms with van der Waals surface area (Å²) in [5.74, 6) is 0. The van der Waals surface area contributed by atoms with Crippen molar-refractivity contribution in [3.05, 3.63) is 47.5 Å². The summed E-state index contributed by atoms with van der Waals surface area (Å²) in [7, 11) is 0. The molecule has 0 aromatic heterocycles. The molecule has 0 unspecified atom stereocenters. The molecule has 2 aromatic rings. The van der Waals surface area contributed by atoms with E-state index < -0.39 is 0 Å². The second-order valence-electron chi connectivity index (χ2n) is 3.97. The average molecular weight is 199 g/mol. The first-order valence-electron chi connectivity index (χ1n) is 5.50. The van der Waals surface area contributed by atoms with E-state index in [0.29, 0.717) is 0 Å². The second kappa shape index (κ2) is 4.45. The van der Waals surface area contributed by atoms with Gasteiger partial charge in [0, 0.05) is 0 Å². The van der Waals surface area contributed by atoms with Gasteiger partial charge in [0.15, 0.2) is 0 Å². The molecule has 0 aliphatic carbocycles. The molecule has 0 aliphatic rings. The Morgan fingerprint density at radius 1 is 1.07 bits per heavy atom. The second-order valence-corrected chi connectivity index (χ2v) is 3.97. The molecule has 0 aliphatic heterocycles. The Morgan fingerprint density at radius 3 is 2.67 bits per heavy atom. The molecule has 0 fully saturated rings. The predicted octanol–water partition coefficient (Wildman–Crippen LogP) is 3.04. The van der Waals surface area contributed by atoms with Crippen molar-refractivity contribution < 1.29 is 0 Å². The summed E-state index contributed by atoms with van der Waals surface area (Å²) >= 11 is 0. The van der Waals surface area contributed by atoms with E-state index in [4.69, 9.17) is 5.73 Å². The van der Waals surface area contributed by atoms with Crippen LogP contribution in [-0.4, -0.2) is 6.54 Å². The number of fused-ring (bicyclic) bond motifs is 1. The minimum atomic E-state index is 0.767. The van der Waals surface area contributed by atoms with Gasteiger partial charge in [0.2, 0.25) is 0 Å². The first-order chi connectivity index (χ1) is 7.33. The van der Waals surface area contributed by atoms with Crippen LogP contribution in [0.25, 0.3) is 10.8 Å². The van der Waals surface area contributed by atoms with Gasteiger partial charge in [-0.25, -0.2) is 0 Å². The van der Waals surface area contributed by atoms with E-state index in [9.17, 15) is 0 Å². The van der Waals surface area contributed by atoms with Crippen molar-refractivity contribution in [3.63, 3.8) is 0 Å². The molecular formula is C14H17N. The summed E-state index contributed by atoms with van der Waals surface area (Å²) in [6.07, 6.45) is 2.15. The average Bonchev–Trinajstić information content (AvgIpc) is 2.28. The van der Waals surface area contributed by atoms with Crippen molar-refractivity contribution in [2.24, 2.45) is 5.73 Å². The minimum absolute atomic E-state index is 0.767. The third kappa shape index (κ3) is 2.02. The lowest BCUT2D eigenvalue weighted by Crippen LogP contribution is -2.01. The van der Waals surface area contributed by atoms with Crippen LogP contribution in [0, 0.1) is 6.92 Å². The van der Waals surface area contributed by atoms with Gasteiger partial charge in [-0.05, 0) is 48.2 Å². The third-order valence-electron chi connectivity index (χ3n) is 2.91. The maximum atomic E-state index is 5.57. The molecular weight excluding hydrogens is 182 g/mol. The van der Waals surface area contributed by atoms with Crippen LogP contribution in [0.2, 0.25) is 0 Å². The number of rotatable bonds is 3. The fourth-order valence-corrected chi connectivity index (χ4v) is 2.06. The van der Waals surface area contributed by atoms with Crippen molar-refractivity contribution in [1.82, 2.24) is 0 Å². The Labute approximate surface area is 90.9 Å². The number of nitrogens with two attached hydrogens (primary N) is 1. The quantitative estimate of drug-likeness (QED) is 0.807. The van der Waals surface area contributed by atoms with Crippen molar-refractivity contribution in [2.45, 2.75) is 19.8 Å². The van der Waals surface area contributed by atoms with Crippen LogP contribution in [0.1, 0.15) is 17.5 Å². The standard InChI is InChI=1S/C14H17N/c1-11-8-9-12-5-2-3-6-14(12)13(11)7-4-10-15/h2-3,5-6,8-9H,4,7,10,15H2,1H3. The van der Waals surface area contributed by atoms with Gasteiger partial charge in [-0.1, -0.05) is 36.4 Å². The fourth-order valence-electron chi connectivity index (χ4n) is 2.06. The summed E-state index contributed by atoms with van der Waals surface area (Å²) in [6.45, 7) is 2.95. The van der Waals surface area contributed by atoms with Gasteiger partial charge in [-0.15, -0.1) is 0 Å². The largest absolute Gasteiger partial charge is 0.330 e. The first-order valence-corrected chi connectivity index (χ1v) is 5.50. The van der Waals surface area contributed by atoms with E-state index in [-0.39, 0.29) is 0 Å². The topological polar surface area (TPSA) is 26.0 Å². The zero-order valence-corrected chi connectivity index (χ0v) is 9.16. The van der Waals surface area contributed by atoms with Crippen LogP contribution in [0.4, 0.5) is 0 Å². The molecule has 2 N–H and O–H groups in total.